The van der Waals surface area contributed by atoms with Crippen LogP contribution in [0.3, 0.4) is 0 Å². The van der Waals surface area contributed by atoms with E-state index in [4.69, 9.17) is 5.11 Å². The van der Waals surface area contributed by atoms with Gasteiger partial charge in [-0.2, -0.15) is 0 Å². The first-order valence-corrected chi connectivity index (χ1v) is 4.63. The number of thiazole rings is 1. The number of aliphatic carboxylic acids is 1. The number of carboxylic acids is 1. The molecule has 2 N–H and O–H groups in total. The van der Waals surface area contributed by atoms with Gasteiger partial charge in [-0.1, -0.05) is 5.16 Å². The topological polar surface area (TPSA) is 101 Å². The van der Waals surface area contributed by atoms with Crippen LogP contribution in [0.1, 0.15) is 5.69 Å². The van der Waals surface area contributed by atoms with E-state index >= 15 is 0 Å². The fourth-order valence-electron chi connectivity index (χ4n) is 0.676. The Labute approximate surface area is 88.4 Å². The molecule has 0 aromatic carbocycles. The quantitative estimate of drug-likeness (QED) is 0.415. The summed E-state index contributed by atoms with van der Waals surface area (Å²) in [6.07, 6.45) is 1.16. The zero-order valence-corrected chi connectivity index (χ0v) is 8.23. The lowest BCUT2D eigenvalue weighted by Crippen LogP contribution is -1.97. The fourth-order valence-corrected chi connectivity index (χ4v) is 1.33. The van der Waals surface area contributed by atoms with Crippen LogP contribution < -0.4 is 5.32 Å². The number of hydrogen-bond acceptors (Lipinski definition) is 6. The molecule has 0 saturated carbocycles. The zero-order chi connectivity index (χ0) is 11.1. The lowest BCUT2D eigenvalue weighted by molar-refractivity contribution is -0.129. The summed E-state index contributed by atoms with van der Waals surface area (Å²) in [5.41, 5.74) is 0.562. The maximum absolute atomic E-state index is 10.1. The smallest absolute Gasteiger partial charge is 0.350 e. The molecule has 0 aliphatic rings. The van der Waals surface area contributed by atoms with Gasteiger partial charge in [0.2, 0.25) is 6.41 Å². The molecule has 7 nitrogen and oxygen atoms in total. The van der Waals surface area contributed by atoms with E-state index in [-0.39, 0.29) is 6.61 Å². The average molecular weight is 229 g/mol. The van der Waals surface area contributed by atoms with Crippen LogP contribution in [0.2, 0.25) is 0 Å². The van der Waals surface area contributed by atoms with Crippen LogP contribution in [0.5, 0.6) is 0 Å². The first kappa shape index (κ1) is 11.1. The third-order valence-corrected chi connectivity index (χ3v) is 2.01. The van der Waals surface area contributed by atoms with Gasteiger partial charge in [-0.05, 0) is 0 Å². The Bertz CT molecular complexity index is 376. The van der Waals surface area contributed by atoms with Crippen molar-refractivity contribution in [3.8, 4) is 0 Å². The summed E-state index contributed by atoms with van der Waals surface area (Å²) in [4.78, 5) is 28.6. The highest BCUT2D eigenvalue weighted by atomic mass is 32.1. The first-order valence-electron chi connectivity index (χ1n) is 3.75. The maximum Gasteiger partial charge on any atom is 0.350 e. The predicted octanol–water partition coefficient (Wildman–Crippen LogP) is 0.298. The summed E-state index contributed by atoms with van der Waals surface area (Å²) in [7, 11) is 0. The molecule has 1 rings (SSSR count). The van der Waals surface area contributed by atoms with Crippen LogP contribution in [0, 0.1) is 0 Å². The molecule has 0 radical (unpaired) electrons. The summed E-state index contributed by atoms with van der Waals surface area (Å²) >= 11 is 1.24. The molecule has 8 heteroatoms. The number of carboxylic acid groups (broad SMARTS) is 1. The van der Waals surface area contributed by atoms with Crippen LogP contribution in [-0.4, -0.2) is 28.7 Å². The van der Waals surface area contributed by atoms with Gasteiger partial charge in [0, 0.05) is 5.38 Å². The Morgan fingerprint density at radius 1 is 1.80 bits per heavy atom. The summed E-state index contributed by atoms with van der Waals surface area (Å²) in [5.74, 6) is -1.18. The van der Waals surface area contributed by atoms with Crippen molar-refractivity contribution in [2.75, 3.05) is 5.32 Å². The predicted molar refractivity (Wildman–Crippen MR) is 52.7 cm³/mol. The van der Waals surface area contributed by atoms with Crippen LogP contribution in [-0.2, 0) is 21.0 Å². The summed E-state index contributed by atoms with van der Waals surface area (Å²) in [6, 6.07) is 0. The third-order valence-electron chi connectivity index (χ3n) is 1.18. The molecule has 1 heterocycles. The van der Waals surface area contributed by atoms with Crippen molar-refractivity contribution in [2.45, 2.75) is 6.61 Å². The summed E-state index contributed by atoms with van der Waals surface area (Å²) in [6.45, 7) is 0.0564. The second kappa shape index (κ2) is 5.70. The Morgan fingerprint density at radius 2 is 2.60 bits per heavy atom. The van der Waals surface area contributed by atoms with Gasteiger partial charge >= 0.3 is 5.97 Å². The minimum atomic E-state index is -1.18. The number of carbonyl (C=O) groups excluding carboxylic acids is 1. The minimum absolute atomic E-state index is 0.0564. The molecule has 0 fully saturated rings. The number of nitrogens with one attached hydrogen (secondary N) is 1. The van der Waals surface area contributed by atoms with Crippen LogP contribution in [0.25, 0.3) is 0 Å². The molecule has 1 aromatic rings. The van der Waals surface area contributed by atoms with Crippen molar-refractivity contribution >= 4 is 35.1 Å². The molecular weight excluding hydrogens is 222 g/mol. The molecule has 1 aromatic heterocycles. The summed E-state index contributed by atoms with van der Waals surface area (Å²) < 4.78 is 0. The number of amides is 1. The molecular formula is C7H7N3O4S. The summed E-state index contributed by atoms with van der Waals surface area (Å²) in [5, 5.41) is 15.9. The van der Waals surface area contributed by atoms with Gasteiger partial charge in [0.15, 0.2) is 18.0 Å². The zero-order valence-electron chi connectivity index (χ0n) is 7.41. The third kappa shape index (κ3) is 4.18. The van der Waals surface area contributed by atoms with Gasteiger partial charge in [0.25, 0.3) is 0 Å². The van der Waals surface area contributed by atoms with Gasteiger partial charge in [-0.3, -0.25) is 4.79 Å². The van der Waals surface area contributed by atoms with E-state index in [9.17, 15) is 9.59 Å². The van der Waals surface area contributed by atoms with E-state index in [2.05, 4.69) is 20.3 Å². The van der Waals surface area contributed by atoms with Crippen molar-refractivity contribution in [3.05, 3.63) is 11.1 Å². The van der Waals surface area contributed by atoms with Gasteiger partial charge in [0.1, 0.15) is 0 Å². The number of hydrogen-bond donors (Lipinski definition) is 2. The normalized spacial score (nSPS) is 10.1. The molecule has 0 spiro atoms. The fraction of sp³-hybridized carbons (Fsp3) is 0.143. The monoisotopic (exact) mass is 229 g/mol. The highest BCUT2D eigenvalue weighted by Gasteiger charge is 2.00. The lowest BCUT2D eigenvalue weighted by atomic mass is 10.5. The van der Waals surface area contributed by atoms with E-state index in [0.29, 0.717) is 23.5 Å². The van der Waals surface area contributed by atoms with E-state index in [0.717, 1.165) is 0 Å². The van der Waals surface area contributed by atoms with Gasteiger partial charge < -0.3 is 15.3 Å². The molecule has 1 amide bonds. The molecule has 0 aliphatic heterocycles. The van der Waals surface area contributed by atoms with E-state index in [1.54, 1.807) is 5.38 Å². The van der Waals surface area contributed by atoms with Crippen molar-refractivity contribution in [1.29, 1.82) is 0 Å². The number of anilines is 1. The van der Waals surface area contributed by atoms with Gasteiger partial charge in [0.05, 0.1) is 5.69 Å². The Hall–Kier alpha value is -1.96. The molecule has 0 atom stereocenters. The van der Waals surface area contributed by atoms with E-state index < -0.39 is 5.97 Å². The van der Waals surface area contributed by atoms with Gasteiger partial charge in [-0.15, -0.1) is 11.3 Å². The average Bonchev–Trinajstić information content (AvgIpc) is 2.61. The van der Waals surface area contributed by atoms with Crippen molar-refractivity contribution in [2.24, 2.45) is 5.16 Å². The van der Waals surface area contributed by atoms with Crippen molar-refractivity contribution in [3.63, 3.8) is 0 Å². The second-order valence-electron chi connectivity index (χ2n) is 2.25. The number of aromatic nitrogens is 1. The van der Waals surface area contributed by atoms with Crippen molar-refractivity contribution in [1.82, 2.24) is 4.98 Å². The number of oxime groups is 1. The molecule has 80 valence electrons. The van der Waals surface area contributed by atoms with Crippen molar-refractivity contribution < 1.29 is 19.5 Å². The number of carbonyl (C=O) groups is 2. The number of nitrogens with zero attached hydrogens (tertiary/aromatic N) is 2. The van der Waals surface area contributed by atoms with Crippen LogP contribution in [0.15, 0.2) is 10.5 Å². The maximum atomic E-state index is 10.1. The molecule has 0 saturated heterocycles. The standard InChI is InChI=1S/C7H7N3O4S/c11-4-8-7-10-5(3-15-7)2-14-9-1-6(12)13/h1,3-4H,2H2,(H,12,13)(H,8,10,11). The molecule has 0 aliphatic carbocycles. The van der Waals surface area contributed by atoms with Crippen LogP contribution in [0.4, 0.5) is 5.13 Å². The Morgan fingerprint density at radius 3 is 3.27 bits per heavy atom. The second-order valence-corrected chi connectivity index (χ2v) is 3.11. The van der Waals surface area contributed by atoms with Crippen LogP contribution >= 0.6 is 11.3 Å². The largest absolute Gasteiger partial charge is 0.477 e. The first-order chi connectivity index (χ1) is 7.22. The highest BCUT2D eigenvalue weighted by molar-refractivity contribution is 7.13. The highest BCUT2D eigenvalue weighted by Crippen LogP contribution is 2.14. The number of rotatable bonds is 6. The lowest BCUT2D eigenvalue weighted by Gasteiger charge is -1.93. The Kier molecular flexibility index (Phi) is 4.23. The Balaban J connectivity index is 2.37. The molecule has 0 unspecified atom stereocenters. The van der Waals surface area contributed by atoms with E-state index in [1.807, 2.05) is 0 Å². The molecule has 15 heavy (non-hydrogen) atoms. The van der Waals surface area contributed by atoms with E-state index in [1.165, 1.54) is 11.3 Å². The SMILES string of the molecule is O=CNc1nc(CON=CC(=O)O)cs1. The van der Waals surface area contributed by atoms with Gasteiger partial charge in [-0.25, -0.2) is 9.78 Å². The molecule has 0 bridgehead atoms. The minimum Gasteiger partial charge on any atom is -0.477 e.